The zero-order chi connectivity index (χ0) is 13.4. The molecule has 8 nitrogen and oxygen atoms in total. The second-order valence-electron chi connectivity index (χ2n) is 3.22. The first-order valence-electron chi connectivity index (χ1n) is 4.71. The van der Waals surface area contributed by atoms with Crippen LogP contribution in [-0.4, -0.2) is 49.4 Å². The van der Waals surface area contributed by atoms with E-state index in [2.05, 4.69) is 9.97 Å². The summed E-state index contributed by atoms with van der Waals surface area (Å²) < 4.78 is 0. The minimum absolute atomic E-state index is 0.263. The Hall–Kier alpha value is -1.93. The molecule has 0 aliphatic rings. The van der Waals surface area contributed by atoms with E-state index in [0.717, 1.165) is 0 Å². The Balaban J connectivity index is 0.000000366. The molecule has 8 heteroatoms. The summed E-state index contributed by atoms with van der Waals surface area (Å²) in [6.07, 6.45) is 2.15. The molecule has 0 amide bonds. The number of rotatable bonds is 4. The number of hydrogen-bond acceptors (Lipinski definition) is 5. The van der Waals surface area contributed by atoms with Gasteiger partial charge in [0.2, 0.25) is 0 Å². The van der Waals surface area contributed by atoms with Crippen LogP contribution in [0.3, 0.4) is 0 Å². The molecule has 1 unspecified atom stereocenters. The lowest BCUT2D eigenvalue weighted by molar-refractivity contribution is -0.145. The molecule has 6 N–H and O–H groups in total. The van der Waals surface area contributed by atoms with E-state index in [1.165, 1.54) is 13.3 Å². The van der Waals surface area contributed by atoms with Crippen molar-refractivity contribution in [2.75, 3.05) is 0 Å². The number of aromatic nitrogens is 2. The molecule has 0 radical (unpaired) electrons. The molecule has 0 aliphatic heterocycles. The zero-order valence-electron chi connectivity index (χ0n) is 9.20. The average molecular weight is 245 g/mol. The third-order valence-electron chi connectivity index (χ3n) is 1.66. The Morgan fingerprint density at radius 3 is 2.29 bits per heavy atom. The Labute approximate surface area is 97.1 Å². The van der Waals surface area contributed by atoms with Gasteiger partial charge in [0.1, 0.15) is 12.1 Å². The molecule has 1 aromatic heterocycles. The summed E-state index contributed by atoms with van der Waals surface area (Å²) >= 11 is 0. The molecule has 1 aromatic rings. The number of carboxylic acids is 2. The Morgan fingerprint density at radius 1 is 1.47 bits per heavy atom. The van der Waals surface area contributed by atoms with Gasteiger partial charge in [-0.05, 0) is 6.92 Å². The molecule has 0 spiro atoms. The van der Waals surface area contributed by atoms with Crippen LogP contribution in [0.1, 0.15) is 12.6 Å². The lowest BCUT2D eigenvalue weighted by Crippen LogP contribution is -2.32. The van der Waals surface area contributed by atoms with Gasteiger partial charge in [0.15, 0.2) is 0 Å². The number of aliphatic hydroxyl groups is 1. The molecule has 0 saturated carbocycles. The Bertz CT molecular complexity index is 350. The number of nitrogens with two attached hydrogens (primary N) is 1. The van der Waals surface area contributed by atoms with Crippen LogP contribution >= 0.6 is 0 Å². The van der Waals surface area contributed by atoms with Crippen molar-refractivity contribution in [2.24, 2.45) is 5.73 Å². The largest absolute Gasteiger partial charge is 0.480 e. The number of carboxylic acid groups (broad SMARTS) is 2. The summed E-state index contributed by atoms with van der Waals surface area (Å²) in [6.45, 7) is 1.20. The van der Waals surface area contributed by atoms with Crippen molar-refractivity contribution in [1.29, 1.82) is 0 Å². The molecule has 0 aliphatic carbocycles. The molecule has 0 saturated heterocycles. The van der Waals surface area contributed by atoms with Crippen molar-refractivity contribution in [3.63, 3.8) is 0 Å². The van der Waals surface area contributed by atoms with Crippen molar-refractivity contribution in [3.8, 4) is 0 Å². The van der Waals surface area contributed by atoms with Gasteiger partial charge in [-0.2, -0.15) is 0 Å². The number of hydrogen-bond donors (Lipinski definition) is 5. The van der Waals surface area contributed by atoms with Crippen molar-refractivity contribution in [3.05, 3.63) is 18.2 Å². The highest BCUT2D eigenvalue weighted by atomic mass is 16.4. The zero-order valence-corrected chi connectivity index (χ0v) is 9.20. The van der Waals surface area contributed by atoms with E-state index >= 15 is 0 Å². The van der Waals surface area contributed by atoms with Gasteiger partial charge in [-0.15, -0.1) is 0 Å². The van der Waals surface area contributed by atoms with Gasteiger partial charge in [0, 0.05) is 12.6 Å². The standard InChI is InChI=1S/C6H9N3O2.C3H6O3/c7-5(6(10)11)1-4-2-8-3-9-4;1-2(4)3(5)6/h2-3,5H,1,7H2,(H,8,9)(H,10,11);2,4H,1H3,(H,5,6)/t5-;/m0./s1. The molecule has 0 aromatic carbocycles. The smallest absolute Gasteiger partial charge is 0.332 e. The van der Waals surface area contributed by atoms with E-state index in [0.29, 0.717) is 5.69 Å². The molecule has 17 heavy (non-hydrogen) atoms. The first-order chi connectivity index (χ1) is 7.84. The van der Waals surface area contributed by atoms with Crippen LogP contribution in [0.5, 0.6) is 0 Å². The predicted molar refractivity (Wildman–Crippen MR) is 57.2 cm³/mol. The predicted octanol–water partition coefficient (Wildman–Crippen LogP) is -1.18. The van der Waals surface area contributed by atoms with Crippen molar-refractivity contribution >= 4 is 11.9 Å². The highest BCUT2D eigenvalue weighted by Gasteiger charge is 2.12. The molecule has 1 rings (SSSR count). The minimum atomic E-state index is -1.23. The average Bonchev–Trinajstić information content (AvgIpc) is 2.71. The summed E-state index contributed by atoms with van der Waals surface area (Å²) in [5.74, 6) is -2.19. The Morgan fingerprint density at radius 2 is 2.00 bits per heavy atom. The maximum atomic E-state index is 10.3. The SMILES string of the molecule is CC(O)C(=O)O.N[C@@H](Cc1c[nH]cn1)C(=O)O. The van der Waals surface area contributed by atoms with Crippen molar-refractivity contribution < 1.29 is 24.9 Å². The quantitative estimate of drug-likeness (QED) is 0.447. The van der Waals surface area contributed by atoms with Crippen LogP contribution < -0.4 is 5.73 Å². The Kier molecular flexibility index (Phi) is 6.53. The van der Waals surface area contributed by atoms with Crippen LogP contribution in [0.15, 0.2) is 12.5 Å². The molecule has 96 valence electrons. The maximum absolute atomic E-state index is 10.3. The third kappa shape index (κ3) is 7.03. The van der Waals surface area contributed by atoms with Crippen molar-refractivity contribution in [2.45, 2.75) is 25.5 Å². The van der Waals surface area contributed by atoms with E-state index in [-0.39, 0.29) is 6.42 Å². The van der Waals surface area contributed by atoms with Gasteiger partial charge >= 0.3 is 11.9 Å². The normalized spacial score (nSPS) is 13.1. The number of H-pyrrole nitrogens is 1. The summed E-state index contributed by atoms with van der Waals surface area (Å²) in [6, 6.07) is -0.863. The lowest BCUT2D eigenvalue weighted by Gasteiger charge is -2.01. The summed E-state index contributed by atoms with van der Waals surface area (Å²) in [4.78, 5) is 26.3. The van der Waals surface area contributed by atoms with Gasteiger partial charge in [-0.1, -0.05) is 0 Å². The molecule has 0 fully saturated rings. The van der Waals surface area contributed by atoms with Crippen LogP contribution in [0.4, 0.5) is 0 Å². The highest BCUT2D eigenvalue weighted by molar-refractivity contribution is 5.73. The minimum Gasteiger partial charge on any atom is -0.480 e. The van der Waals surface area contributed by atoms with E-state index in [1.54, 1.807) is 6.20 Å². The topological polar surface area (TPSA) is 150 Å². The van der Waals surface area contributed by atoms with E-state index in [1.807, 2.05) is 0 Å². The summed E-state index contributed by atoms with van der Waals surface area (Å²) in [5, 5.41) is 24.2. The van der Waals surface area contributed by atoms with Gasteiger partial charge in [0.25, 0.3) is 0 Å². The molecular weight excluding hydrogens is 230 g/mol. The van der Waals surface area contributed by atoms with Gasteiger partial charge in [-0.25, -0.2) is 9.78 Å². The fraction of sp³-hybridized carbons (Fsp3) is 0.444. The summed E-state index contributed by atoms with van der Waals surface area (Å²) in [7, 11) is 0. The van der Waals surface area contributed by atoms with E-state index in [9.17, 15) is 9.59 Å². The number of carbonyl (C=O) groups is 2. The highest BCUT2D eigenvalue weighted by Crippen LogP contribution is 1.95. The fourth-order valence-corrected chi connectivity index (χ4v) is 0.715. The van der Waals surface area contributed by atoms with Crippen LogP contribution in [0.25, 0.3) is 0 Å². The monoisotopic (exact) mass is 245 g/mol. The first-order valence-corrected chi connectivity index (χ1v) is 4.71. The number of aromatic amines is 1. The van der Waals surface area contributed by atoms with Gasteiger partial charge in [-0.3, -0.25) is 4.79 Å². The van der Waals surface area contributed by atoms with Crippen LogP contribution in [0.2, 0.25) is 0 Å². The first kappa shape index (κ1) is 15.1. The number of aliphatic carboxylic acids is 2. The third-order valence-corrected chi connectivity index (χ3v) is 1.66. The fourth-order valence-electron chi connectivity index (χ4n) is 0.715. The molecule has 2 atom stereocenters. The van der Waals surface area contributed by atoms with Crippen LogP contribution in [-0.2, 0) is 16.0 Å². The number of imidazole rings is 1. The molecular formula is C9H15N3O5. The summed E-state index contributed by atoms with van der Waals surface area (Å²) in [5.41, 5.74) is 5.92. The van der Waals surface area contributed by atoms with E-state index < -0.39 is 24.1 Å². The molecule has 1 heterocycles. The number of aliphatic hydroxyl groups excluding tert-OH is 1. The van der Waals surface area contributed by atoms with Crippen molar-refractivity contribution in [1.82, 2.24) is 9.97 Å². The number of nitrogens with one attached hydrogen (secondary N) is 1. The van der Waals surface area contributed by atoms with Crippen LogP contribution in [0, 0.1) is 0 Å². The lowest BCUT2D eigenvalue weighted by atomic mass is 10.2. The molecule has 0 bridgehead atoms. The van der Waals surface area contributed by atoms with Gasteiger partial charge in [0.05, 0.1) is 12.0 Å². The second kappa shape index (κ2) is 7.36. The maximum Gasteiger partial charge on any atom is 0.332 e. The number of nitrogens with zero attached hydrogens (tertiary/aromatic N) is 1. The second-order valence-corrected chi connectivity index (χ2v) is 3.22. The van der Waals surface area contributed by atoms with Gasteiger partial charge < -0.3 is 26.0 Å². The van der Waals surface area contributed by atoms with E-state index in [4.69, 9.17) is 21.1 Å².